The summed E-state index contributed by atoms with van der Waals surface area (Å²) in [6, 6.07) is 1.62. The molecule has 20 nitrogen and oxygen atoms in total. The number of amides is 4. The quantitative estimate of drug-likeness (QED) is 0.0411. The first-order valence-corrected chi connectivity index (χ1v) is 28.9. The van der Waals surface area contributed by atoms with Gasteiger partial charge in [-0.2, -0.15) is 0 Å². The van der Waals surface area contributed by atoms with Gasteiger partial charge in [-0.05, 0) is 76.0 Å². The molecular formula is C32H60N4O16Si4. The predicted octanol–water partition coefficient (Wildman–Crippen LogP) is 1.84. The van der Waals surface area contributed by atoms with Crippen LogP contribution in [0.1, 0.15) is 77.0 Å². The Morgan fingerprint density at radius 1 is 0.357 bits per heavy atom. The van der Waals surface area contributed by atoms with Gasteiger partial charge in [0.05, 0.1) is 25.7 Å². The van der Waals surface area contributed by atoms with Gasteiger partial charge in [-0.1, -0.05) is 0 Å². The molecule has 0 atom stereocenters. The van der Waals surface area contributed by atoms with Crippen LogP contribution in [-0.4, -0.2) is 128 Å². The number of carboxylic acid groups (broad SMARTS) is 4. The second-order valence-corrected chi connectivity index (χ2v) is 28.7. The Hall–Kier alpha value is -3.53. The number of carboxylic acids is 4. The van der Waals surface area contributed by atoms with Crippen LogP contribution < -0.4 is 21.3 Å². The van der Waals surface area contributed by atoms with E-state index >= 15 is 0 Å². The highest BCUT2D eigenvalue weighted by molar-refractivity contribution is 6.93. The maximum absolute atomic E-state index is 12.2. The molecule has 1 heterocycles. The molecule has 24 heteroatoms. The second kappa shape index (κ2) is 25.0. The smallest absolute Gasteiger partial charge is 0.317 e. The topological polar surface area (TPSA) is 303 Å². The van der Waals surface area contributed by atoms with Crippen LogP contribution in [0.3, 0.4) is 0 Å². The van der Waals surface area contributed by atoms with Gasteiger partial charge in [0.2, 0.25) is 23.6 Å². The summed E-state index contributed by atoms with van der Waals surface area (Å²) in [6.45, 7) is 8.51. The third-order valence-electron chi connectivity index (χ3n) is 8.51. The van der Waals surface area contributed by atoms with E-state index in [1.807, 2.05) is 26.2 Å². The molecule has 1 aliphatic rings. The van der Waals surface area contributed by atoms with Crippen LogP contribution in [0.4, 0.5) is 0 Å². The summed E-state index contributed by atoms with van der Waals surface area (Å²) in [5.74, 6) is -5.94. The summed E-state index contributed by atoms with van der Waals surface area (Å²) in [5.41, 5.74) is 0. The van der Waals surface area contributed by atoms with Crippen LogP contribution in [0.15, 0.2) is 0 Å². The average Bonchev–Trinajstić information content (AvgIpc) is 3.08. The van der Waals surface area contributed by atoms with E-state index in [0.29, 0.717) is 49.9 Å². The highest BCUT2D eigenvalue weighted by atomic mass is 28.5. The molecule has 1 fully saturated rings. The molecule has 1 saturated heterocycles. The van der Waals surface area contributed by atoms with E-state index in [1.165, 1.54) is 0 Å². The lowest BCUT2D eigenvalue weighted by atomic mass is 10.3. The Kier molecular flexibility index (Phi) is 22.5. The molecule has 4 amide bonds. The SMILES string of the molecule is C[Si]1(CCCNC(=O)CCC(=O)O)O[Si](C)(CCCNC(=O)CCC(=O)O)O[Si](C)(CCCNC(=O)CCC(=O)O)O[Si](C)(CCCNC(=O)CCC(=O)O)O1. The first-order chi connectivity index (χ1) is 26.1. The molecule has 320 valence electrons. The lowest BCUT2D eigenvalue weighted by Gasteiger charge is -2.50. The zero-order valence-corrected chi connectivity index (χ0v) is 36.8. The number of nitrogens with one attached hydrogen (secondary N) is 4. The van der Waals surface area contributed by atoms with Gasteiger partial charge in [-0.25, -0.2) is 0 Å². The maximum Gasteiger partial charge on any atom is 0.317 e. The fraction of sp³-hybridized carbons (Fsp3) is 0.750. The van der Waals surface area contributed by atoms with E-state index < -0.39 is 81.7 Å². The zero-order valence-electron chi connectivity index (χ0n) is 32.8. The van der Waals surface area contributed by atoms with Crippen molar-refractivity contribution in [2.75, 3.05) is 26.2 Å². The number of carbonyl (C=O) groups excluding carboxylic acids is 4. The Labute approximate surface area is 331 Å². The first-order valence-electron chi connectivity index (χ1n) is 18.8. The summed E-state index contributed by atoms with van der Waals surface area (Å²) in [4.78, 5) is 92.3. The largest absolute Gasteiger partial charge is 0.481 e. The van der Waals surface area contributed by atoms with Gasteiger partial charge < -0.3 is 58.2 Å². The Morgan fingerprint density at radius 3 is 0.696 bits per heavy atom. The number of hydrogen-bond donors (Lipinski definition) is 8. The van der Waals surface area contributed by atoms with Crippen molar-refractivity contribution < 1.29 is 75.2 Å². The summed E-state index contributed by atoms with van der Waals surface area (Å²) in [6.07, 6.45) is -0.101. The van der Waals surface area contributed by atoms with Gasteiger partial charge in [0, 0.05) is 51.9 Å². The van der Waals surface area contributed by atoms with Gasteiger partial charge >= 0.3 is 58.1 Å². The molecule has 0 saturated carbocycles. The van der Waals surface area contributed by atoms with Crippen molar-refractivity contribution in [3.63, 3.8) is 0 Å². The Bertz CT molecular complexity index is 1170. The van der Waals surface area contributed by atoms with Crippen LogP contribution in [0.25, 0.3) is 0 Å². The van der Waals surface area contributed by atoms with Crippen LogP contribution in [0.2, 0.25) is 50.4 Å². The third-order valence-corrected chi connectivity index (χ3v) is 27.4. The van der Waals surface area contributed by atoms with Crippen molar-refractivity contribution >= 4 is 81.7 Å². The molecule has 0 spiro atoms. The fourth-order valence-corrected chi connectivity index (χ4v) is 29.4. The molecule has 0 unspecified atom stereocenters. The van der Waals surface area contributed by atoms with Crippen molar-refractivity contribution in [3.8, 4) is 0 Å². The van der Waals surface area contributed by atoms with Crippen LogP contribution in [0.5, 0.6) is 0 Å². The van der Waals surface area contributed by atoms with Crippen molar-refractivity contribution in [2.45, 2.75) is 127 Å². The summed E-state index contributed by atoms with van der Waals surface area (Å²) in [5, 5.41) is 46.5. The molecule has 0 aromatic rings. The van der Waals surface area contributed by atoms with E-state index in [-0.39, 0.29) is 77.5 Å². The van der Waals surface area contributed by atoms with Crippen LogP contribution >= 0.6 is 0 Å². The number of aliphatic carboxylic acids is 4. The molecule has 0 aromatic heterocycles. The number of carbonyl (C=O) groups is 8. The molecule has 1 rings (SSSR count). The first kappa shape index (κ1) is 50.5. The standard InChI is InChI=1S/C32H60N4O16Si4/c1-53(21-5-17-33-25(37)9-13-29(41)42)49-54(2,22-6-18-34-26(38)10-14-30(43)44)51-56(4,24-8-20-36-28(40)12-16-32(47)48)52-55(3,50-53)23-7-19-35-27(39)11-15-31(45)46/h5-24H2,1-4H3,(H,33,37)(H,34,38)(H,35,39)(H,36,40)(H,41,42)(H,43,44)(H,45,46)(H,47,48). The van der Waals surface area contributed by atoms with Gasteiger partial charge in [0.1, 0.15) is 0 Å². The predicted molar refractivity (Wildman–Crippen MR) is 208 cm³/mol. The third kappa shape index (κ3) is 23.5. The van der Waals surface area contributed by atoms with Crippen molar-refractivity contribution in [1.82, 2.24) is 21.3 Å². The Morgan fingerprint density at radius 2 is 0.536 bits per heavy atom. The van der Waals surface area contributed by atoms with Gasteiger partial charge in [0.25, 0.3) is 0 Å². The van der Waals surface area contributed by atoms with E-state index in [1.54, 1.807) is 0 Å². The lowest BCUT2D eigenvalue weighted by molar-refractivity contribution is -0.139. The molecular weight excluding hydrogens is 809 g/mol. The van der Waals surface area contributed by atoms with Crippen LogP contribution in [0, 0.1) is 0 Å². The molecule has 1 aliphatic heterocycles. The van der Waals surface area contributed by atoms with Crippen molar-refractivity contribution in [3.05, 3.63) is 0 Å². The van der Waals surface area contributed by atoms with E-state index in [2.05, 4.69) is 21.3 Å². The molecule has 0 aliphatic carbocycles. The summed E-state index contributed by atoms with van der Waals surface area (Å²) >= 11 is 0. The van der Waals surface area contributed by atoms with E-state index in [0.717, 1.165) is 0 Å². The number of rotatable bonds is 28. The minimum Gasteiger partial charge on any atom is -0.481 e. The zero-order chi connectivity index (χ0) is 42.4. The monoisotopic (exact) mass is 868 g/mol. The van der Waals surface area contributed by atoms with Gasteiger partial charge in [0.15, 0.2) is 0 Å². The van der Waals surface area contributed by atoms with Gasteiger partial charge in [-0.15, -0.1) is 0 Å². The fourth-order valence-electron chi connectivity index (χ4n) is 6.10. The molecule has 0 aromatic carbocycles. The lowest BCUT2D eigenvalue weighted by Crippen LogP contribution is -2.67. The van der Waals surface area contributed by atoms with Gasteiger partial charge in [-0.3, -0.25) is 38.4 Å². The minimum atomic E-state index is -3.21. The van der Waals surface area contributed by atoms with E-state index in [9.17, 15) is 38.4 Å². The molecule has 0 bridgehead atoms. The molecule has 8 N–H and O–H groups in total. The van der Waals surface area contributed by atoms with Crippen LogP contribution in [-0.2, 0) is 54.8 Å². The highest BCUT2D eigenvalue weighted by Crippen LogP contribution is 2.38. The normalized spacial score (nSPS) is 23.5. The average molecular weight is 869 g/mol. The summed E-state index contributed by atoms with van der Waals surface area (Å²) in [7, 11) is -12.8. The van der Waals surface area contributed by atoms with Crippen molar-refractivity contribution in [2.24, 2.45) is 0 Å². The minimum absolute atomic E-state index is 0.163. The summed E-state index contributed by atoms with van der Waals surface area (Å²) < 4.78 is 28.1. The molecule has 0 radical (unpaired) electrons. The number of hydrogen-bond acceptors (Lipinski definition) is 12. The second-order valence-electron chi connectivity index (χ2n) is 14.3. The van der Waals surface area contributed by atoms with Crippen molar-refractivity contribution in [1.29, 1.82) is 0 Å². The Balaban J connectivity index is 3.29. The van der Waals surface area contributed by atoms with E-state index in [4.69, 9.17) is 36.9 Å². The maximum atomic E-state index is 12.2. The highest BCUT2D eigenvalue weighted by Gasteiger charge is 2.56. The molecule has 56 heavy (non-hydrogen) atoms.